The van der Waals surface area contributed by atoms with Gasteiger partial charge in [0.15, 0.2) is 0 Å². The Bertz CT molecular complexity index is 190. The third kappa shape index (κ3) is 1.35. The maximum atomic E-state index is 11.5. The maximum absolute atomic E-state index is 11.5. The summed E-state index contributed by atoms with van der Waals surface area (Å²) in [5.74, 6) is 1.23. The molecule has 2 heteroatoms. The standard InChI is InChI=1S/C10H17NO/c1-8-5-6-11-9(7-8)3-2-4-10(11)12/h8-9H,2-7H2,1H3. The average molecular weight is 167 g/mol. The lowest BCUT2D eigenvalue weighted by molar-refractivity contribution is -0.138. The molecule has 12 heavy (non-hydrogen) atoms. The van der Waals surface area contributed by atoms with Crippen molar-refractivity contribution in [3.63, 3.8) is 0 Å². The van der Waals surface area contributed by atoms with E-state index < -0.39 is 0 Å². The smallest absolute Gasteiger partial charge is 0.222 e. The van der Waals surface area contributed by atoms with Crippen LogP contribution in [0.3, 0.4) is 0 Å². The molecule has 2 saturated heterocycles. The lowest BCUT2D eigenvalue weighted by atomic mass is 9.87. The van der Waals surface area contributed by atoms with Crippen molar-refractivity contribution in [2.75, 3.05) is 6.54 Å². The third-order valence-corrected chi connectivity index (χ3v) is 3.23. The summed E-state index contributed by atoms with van der Waals surface area (Å²) in [5, 5.41) is 0. The fourth-order valence-corrected chi connectivity index (χ4v) is 2.49. The molecule has 2 rings (SSSR count). The fourth-order valence-electron chi connectivity index (χ4n) is 2.49. The average Bonchev–Trinajstić information content (AvgIpc) is 2.04. The molecule has 0 aromatic rings. The van der Waals surface area contributed by atoms with Gasteiger partial charge >= 0.3 is 0 Å². The van der Waals surface area contributed by atoms with Crippen LogP contribution in [-0.4, -0.2) is 23.4 Å². The second-order valence-corrected chi connectivity index (χ2v) is 4.26. The molecule has 2 aliphatic rings. The number of nitrogens with zero attached hydrogens (tertiary/aromatic N) is 1. The minimum Gasteiger partial charge on any atom is -0.340 e. The summed E-state index contributed by atoms with van der Waals surface area (Å²) in [6, 6.07) is 0.593. The van der Waals surface area contributed by atoms with E-state index in [-0.39, 0.29) is 0 Å². The first-order chi connectivity index (χ1) is 5.77. The third-order valence-electron chi connectivity index (χ3n) is 3.23. The summed E-state index contributed by atoms with van der Waals surface area (Å²) in [4.78, 5) is 13.6. The molecule has 2 atom stereocenters. The van der Waals surface area contributed by atoms with Crippen molar-refractivity contribution >= 4 is 5.91 Å². The topological polar surface area (TPSA) is 20.3 Å². The zero-order chi connectivity index (χ0) is 8.55. The molecular formula is C10H17NO. The zero-order valence-electron chi connectivity index (χ0n) is 7.75. The van der Waals surface area contributed by atoms with Crippen LogP contribution in [0.15, 0.2) is 0 Å². The van der Waals surface area contributed by atoms with Gasteiger partial charge in [0.1, 0.15) is 0 Å². The molecule has 2 nitrogen and oxygen atoms in total. The second kappa shape index (κ2) is 3.08. The molecule has 2 unspecified atom stereocenters. The number of carbonyl (C=O) groups is 1. The quantitative estimate of drug-likeness (QED) is 0.538. The highest BCUT2D eigenvalue weighted by Gasteiger charge is 2.32. The minimum atomic E-state index is 0.401. The summed E-state index contributed by atoms with van der Waals surface area (Å²) in [7, 11) is 0. The van der Waals surface area contributed by atoms with Crippen LogP contribution < -0.4 is 0 Å². The van der Waals surface area contributed by atoms with E-state index in [0.717, 1.165) is 25.3 Å². The second-order valence-electron chi connectivity index (χ2n) is 4.26. The van der Waals surface area contributed by atoms with Gasteiger partial charge in [0.25, 0.3) is 0 Å². The van der Waals surface area contributed by atoms with Crippen molar-refractivity contribution in [2.45, 2.75) is 45.1 Å². The van der Waals surface area contributed by atoms with Crippen molar-refractivity contribution in [3.05, 3.63) is 0 Å². The Morgan fingerprint density at radius 3 is 3.08 bits per heavy atom. The summed E-state index contributed by atoms with van der Waals surface area (Å²) >= 11 is 0. The van der Waals surface area contributed by atoms with E-state index in [9.17, 15) is 4.79 Å². The normalized spacial score (nSPS) is 36.4. The summed E-state index contributed by atoms with van der Waals surface area (Å²) in [5.41, 5.74) is 0. The van der Waals surface area contributed by atoms with Gasteiger partial charge in [-0.1, -0.05) is 6.92 Å². The van der Waals surface area contributed by atoms with Gasteiger partial charge in [-0.2, -0.15) is 0 Å². The molecule has 0 saturated carbocycles. The van der Waals surface area contributed by atoms with Gasteiger partial charge in [0.2, 0.25) is 5.91 Å². The van der Waals surface area contributed by atoms with Gasteiger partial charge in [0.05, 0.1) is 0 Å². The SMILES string of the molecule is CC1CCN2C(=O)CCCC2C1. The Labute approximate surface area is 73.9 Å². The number of fused-ring (bicyclic) bond motifs is 1. The fraction of sp³-hybridized carbons (Fsp3) is 0.900. The highest BCUT2D eigenvalue weighted by atomic mass is 16.2. The lowest BCUT2D eigenvalue weighted by Crippen LogP contribution is -2.48. The molecule has 0 bridgehead atoms. The predicted molar refractivity (Wildman–Crippen MR) is 47.8 cm³/mol. The molecule has 2 heterocycles. The molecule has 0 N–H and O–H groups in total. The van der Waals surface area contributed by atoms with E-state index in [1.54, 1.807) is 0 Å². The molecule has 0 spiro atoms. The number of rotatable bonds is 0. The monoisotopic (exact) mass is 167 g/mol. The van der Waals surface area contributed by atoms with Crippen LogP contribution in [0.1, 0.15) is 39.0 Å². The number of carbonyl (C=O) groups excluding carboxylic acids is 1. The Balaban J connectivity index is 2.04. The zero-order valence-corrected chi connectivity index (χ0v) is 7.75. The van der Waals surface area contributed by atoms with Crippen molar-refractivity contribution in [1.29, 1.82) is 0 Å². The number of hydrogen-bond donors (Lipinski definition) is 0. The van der Waals surface area contributed by atoms with Gasteiger partial charge in [-0.15, -0.1) is 0 Å². The van der Waals surface area contributed by atoms with E-state index in [2.05, 4.69) is 11.8 Å². The van der Waals surface area contributed by atoms with Crippen LogP contribution in [0.5, 0.6) is 0 Å². The van der Waals surface area contributed by atoms with Crippen LogP contribution in [0.4, 0.5) is 0 Å². The Kier molecular flexibility index (Phi) is 2.07. The van der Waals surface area contributed by atoms with E-state index in [1.807, 2.05) is 0 Å². The van der Waals surface area contributed by atoms with E-state index in [1.165, 1.54) is 19.3 Å². The molecule has 2 aliphatic heterocycles. The summed E-state index contributed by atoms with van der Waals surface area (Å²) in [6.07, 6.45) is 5.61. The minimum absolute atomic E-state index is 0.401. The largest absolute Gasteiger partial charge is 0.340 e. The molecule has 0 radical (unpaired) electrons. The van der Waals surface area contributed by atoms with Gasteiger partial charge in [-0.25, -0.2) is 0 Å². The molecule has 1 amide bonds. The van der Waals surface area contributed by atoms with Gasteiger partial charge in [-0.3, -0.25) is 4.79 Å². The van der Waals surface area contributed by atoms with E-state index >= 15 is 0 Å². The molecule has 0 aromatic heterocycles. The van der Waals surface area contributed by atoms with Crippen LogP contribution in [0.25, 0.3) is 0 Å². The van der Waals surface area contributed by atoms with Crippen molar-refractivity contribution < 1.29 is 4.79 Å². The van der Waals surface area contributed by atoms with Gasteiger partial charge < -0.3 is 4.90 Å². The van der Waals surface area contributed by atoms with Crippen molar-refractivity contribution in [1.82, 2.24) is 4.90 Å². The Hall–Kier alpha value is -0.530. The van der Waals surface area contributed by atoms with Gasteiger partial charge in [0, 0.05) is 19.0 Å². The van der Waals surface area contributed by atoms with E-state index in [0.29, 0.717) is 11.9 Å². The molecular weight excluding hydrogens is 150 g/mol. The van der Waals surface area contributed by atoms with Crippen LogP contribution >= 0.6 is 0 Å². The molecule has 0 aromatic carbocycles. The van der Waals surface area contributed by atoms with Crippen molar-refractivity contribution in [3.8, 4) is 0 Å². The highest BCUT2D eigenvalue weighted by molar-refractivity contribution is 5.77. The molecule has 0 aliphatic carbocycles. The first-order valence-corrected chi connectivity index (χ1v) is 5.07. The summed E-state index contributed by atoms with van der Waals surface area (Å²) in [6.45, 7) is 3.32. The van der Waals surface area contributed by atoms with E-state index in [4.69, 9.17) is 0 Å². The Morgan fingerprint density at radius 1 is 1.42 bits per heavy atom. The lowest BCUT2D eigenvalue weighted by Gasteiger charge is -2.41. The maximum Gasteiger partial charge on any atom is 0.222 e. The van der Waals surface area contributed by atoms with Crippen LogP contribution in [0, 0.1) is 5.92 Å². The Morgan fingerprint density at radius 2 is 2.25 bits per heavy atom. The summed E-state index contributed by atoms with van der Waals surface area (Å²) < 4.78 is 0. The molecule has 2 fully saturated rings. The van der Waals surface area contributed by atoms with Crippen molar-refractivity contribution in [2.24, 2.45) is 5.92 Å². The van der Waals surface area contributed by atoms with Gasteiger partial charge in [-0.05, 0) is 31.6 Å². The number of hydrogen-bond acceptors (Lipinski definition) is 1. The van der Waals surface area contributed by atoms with Crippen LogP contribution in [0.2, 0.25) is 0 Å². The number of amides is 1. The van der Waals surface area contributed by atoms with Crippen LogP contribution in [-0.2, 0) is 4.79 Å². The molecule has 68 valence electrons. The first kappa shape index (κ1) is 8.09. The number of piperidine rings is 2. The first-order valence-electron chi connectivity index (χ1n) is 5.07. The highest BCUT2D eigenvalue weighted by Crippen LogP contribution is 2.29. The predicted octanol–water partition coefficient (Wildman–Crippen LogP) is 1.80.